The fourth-order valence-corrected chi connectivity index (χ4v) is 3.83. The summed E-state index contributed by atoms with van der Waals surface area (Å²) in [6.07, 6.45) is 3.13. The van der Waals surface area contributed by atoms with Crippen molar-refractivity contribution in [1.82, 2.24) is 19.9 Å². The zero-order chi connectivity index (χ0) is 23.5. The minimum atomic E-state index is 0.741. The van der Waals surface area contributed by atoms with E-state index in [2.05, 4.69) is 30.6 Å². The molecule has 2 aromatic heterocycles. The molecule has 0 saturated heterocycles. The molecule has 35 heavy (non-hydrogen) atoms. The number of fused-ring (bicyclic) bond motifs is 2. The van der Waals surface area contributed by atoms with Crippen molar-refractivity contribution in [2.24, 2.45) is 0 Å². The Labute approximate surface area is 201 Å². The largest absolute Gasteiger partial charge is 0.457 e. The molecule has 0 aliphatic carbocycles. The van der Waals surface area contributed by atoms with Crippen molar-refractivity contribution in [1.29, 1.82) is 0 Å². The molecule has 0 bridgehead atoms. The maximum atomic E-state index is 6.02. The molecule has 0 spiro atoms. The van der Waals surface area contributed by atoms with Crippen LogP contribution < -0.4 is 15.4 Å². The third-order valence-corrected chi connectivity index (χ3v) is 5.56. The second-order valence-electron chi connectivity index (χ2n) is 7.88. The number of nitrogens with one attached hydrogen (secondary N) is 2. The summed E-state index contributed by atoms with van der Waals surface area (Å²) in [4.78, 5) is 17.4. The van der Waals surface area contributed by atoms with E-state index < -0.39 is 0 Å². The molecule has 6 rings (SSSR count). The maximum Gasteiger partial charge on any atom is 0.141 e. The summed E-state index contributed by atoms with van der Waals surface area (Å²) in [6.45, 7) is 0. The molecule has 6 aromatic rings. The van der Waals surface area contributed by atoms with Gasteiger partial charge in [0.05, 0.1) is 11.0 Å². The van der Waals surface area contributed by atoms with Crippen LogP contribution in [0.5, 0.6) is 11.5 Å². The van der Waals surface area contributed by atoms with Crippen LogP contribution in [-0.4, -0.2) is 19.9 Å². The van der Waals surface area contributed by atoms with Gasteiger partial charge in [-0.2, -0.15) is 0 Å². The molecule has 2 N–H and O–H groups in total. The van der Waals surface area contributed by atoms with Crippen LogP contribution in [0, 0.1) is 0 Å². The fraction of sp³-hybridized carbons (Fsp3) is 0. The number of rotatable bonds is 6. The maximum absolute atomic E-state index is 6.02. The minimum absolute atomic E-state index is 0.741. The lowest BCUT2D eigenvalue weighted by atomic mass is 10.2. The zero-order valence-electron chi connectivity index (χ0n) is 18.6. The topological polar surface area (TPSA) is 84.9 Å². The molecule has 0 aliphatic heterocycles. The smallest absolute Gasteiger partial charge is 0.141 e. The van der Waals surface area contributed by atoms with Gasteiger partial charge in [-0.05, 0) is 72.8 Å². The average Bonchev–Trinajstić information content (AvgIpc) is 2.91. The van der Waals surface area contributed by atoms with Gasteiger partial charge in [-0.15, -0.1) is 0 Å². The van der Waals surface area contributed by atoms with E-state index in [0.717, 1.165) is 56.3 Å². The third-order valence-electron chi connectivity index (χ3n) is 5.56. The molecule has 2 heterocycles. The van der Waals surface area contributed by atoms with Crippen LogP contribution in [-0.2, 0) is 0 Å². The first kappa shape index (κ1) is 20.6. The van der Waals surface area contributed by atoms with Gasteiger partial charge in [-0.25, -0.2) is 19.9 Å². The summed E-state index contributed by atoms with van der Waals surface area (Å²) in [7, 11) is 0. The number of benzene rings is 4. The van der Waals surface area contributed by atoms with Crippen molar-refractivity contribution in [2.45, 2.75) is 0 Å². The predicted molar refractivity (Wildman–Crippen MR) is 139 cm³/mol. The number of ether oxygens (including phenoxy) is 1. The Morgan fingerprint density at radius 1 is 0.457 bits per heavy atom. The van der Waals surface area contributed by atoms with Crippen LogP contribution in [0.25, 0.3) is 21.8 Å². The second-order valence-corrected chi connectivity index (χ2v) is 7.88. The summed E-state index contributed by atoms with van der Waals surface area (Å²) < 4.78 is 6.02. The summed E-state index contributed by atoms with van der Waals surface area (Å²) in [5.41, 5.74) is 3.63. The van der Waals surface area contributed by atoms with E-state index in [-0.39, 0.29) is 0 Å². The third kappa shape index (κ3) is 4.43. The zero-order valence-corrected chi connectivity index (χ0v) is 18.6. The van der Waals surface area contributed by atoms with Gasteiger partial charge in [0.2, 0.25) is 0 Å². The quantitative estimate of drug-likeness (QED) is 0.283. The highest BCUT2D eigenvalue weighted by Gasteiger charge is 2.06. The Morgan fingerprint density at radius 2 is 0.886 bits per heavy atom. The van der Waals surface area contributed by atoms with Crippen molar-refractivity contribution in [3.8, 4) is 11.5 Å². The normalized spacial score (nSPS) is 10.9. The minimum Gasteiger partial charge on any atom is -0.457 e. The Bertz CT molecular complexity index is 1480. The predicted octanol–water partition coefficient (Wildman–Crippen LogP) is 6.85. The molecular formula is C28H20N6O. The standard InChI is InChI=1S/C28H20N6O/c1-3-7-25-23(5-1)27(31-17-29-25)33-19-9-13-21(14-10-19)35-22-15-11-20(12-16-22)34-28-24-6-2-4-8-26(24)30-18-32-28/h1-18H,(H,29,31,33)(H,30,32,34). The molecule has 0 radical (unpaired) electrons. The summed E-state index contributed by atoms with van der Waals surface area (Å²) in [5.74, 6) is 3.02. The molecule has 168 valence electrons. The van der Waals surface area contributed by atoms with E-state index in [1.54, 1.807) is 12.7 Å². The molecular weight excluding hydrogens is 436 g/mol. The van der Waals surface area contributed by atoms with Gasteiger partial charge in [0.1, 0.15) is 35.8 Å². The second kappa shape index (κ2) is 9.07. The van der Waals surface area contributed by atoms with Crippen molar-refractivity contribution in [3.05, 3.63) is 110 Å². The highest BCUT2D eigenvalue weighted by Crippen LogP contribution is 2.28. The van der Waals surface area contributed by atoms with Crippen molar-refractivity contribution < 1.29 is 4.74 Å². The number of hydrogen-bond donors (Lipinski definition) is 2. The first-order valence-electron chi connectivity index (χ1n) is 11.1. The molecule has 0 fully saturated rings. The van der Waals surface area contributed by atoms with Gasteiger partial charge in [-0.1, -0.05) is 24.3 Å². The van der Waals surface area contributed by atoms with Crippen LogP contribution >= 0.6 is 0 Å². The van der Waals surface area contributed by atoms with E-state index in [9.17, 15) is 0 Å². The molecule has 7 nitrogen and oxygen atoms in total. The van der Waals surface area contributed by atoms with Crippen molar-refractivity contribution in [3.63, 3.8) is 0 Å². The van der Waals surface area contributed by atoms with Crippen LogP contribution in [0.2, 0.25) is 0 Å². The van der Waals surface area contributed by atoms with E-state index in [1.165, 1.54) is 0 Å². The van der Waals surface area contributed by atoms with E-state index >= 15 is 0 Å². The van der Waals surface area contributed by atoms with Gasteiger partial charge in [0.15, 0.2) is 0 Å². The molecule has 4 aromatic carbocycles. The molecule has 0 atom stereocenters. The van der Waals surface area contributed by atoms with Crippen molar-refractivity contribution >= 4 is 44.8 Å². The first-order chi connectivity index (χ1) is 17.3. The Morgan fingerprint density at radius 3 is 1.34 bits per heavy atom. The highest BCUT2D eigenvalue weighted by atomic mass is 16.5. The number of aromatic nitrogens is 4. The molecule has 0 saturated carbocycles. The van der Waals surface area contributed by atoms with Gasteiger partial charge in [-0.3, -0.25) is 0 Å². The lowest BCUT2D eigenvalue weighted by Crippen LogP contribution is -1.96. The Balaban J connectivity index is 1.13. The Hall–Kier alpha value is -5.04. The summed E-state index contributed by atoms with van der Waals surface area (Å²) in [6, 6.07) is 31.3. The van der Waals surface area contributed by atoms with Gasteiger partial charge in [0.25, 0.3) is 0 Å². The van der Waals surface area contributed by atoms with Crippen molar-refractivity contribution in [2.75, 3.05) is 10.6 Å². The van der Waals surface area contributed by atoms with Gasteiger partial charge in [0, 0.05) is 22.1 Å². The van der Waals surface area contributed by atoms with E-state index in [4.69, 9.17) is 4.74 Å². The summed E-state index contributed by atoms with van der Waals surface area (Å²) >= 11 is 0. The molecule has 7 heteroatoms. The number of nitrogens with zero attached hydrogens (tertiary/aromatic N) is 4. The van der Waals surface area contributed by atoms with Crippen LogP contribution in [0.4, 0.5) is 23.0 Å². The lowest BCUT2D eigenvalue weighted by Gasteiger charge is -2.11. The van der Waals surface area contributed by atoms with E-state index in [0.29, 0.717) is 0 Å². The average molecular weight is 457 g/mol. The van der Waals surface area contributed by atoms with Crippen LogP contribution in [0.1, 0.15) is 0 Å². The SMILES string of the molecule is c1ccc2c(Nc3ccc(Oc4ccc(Nc5ncnc6ccccc56)cc4)cc3)ncnc2c1. The lowest BCUT2D eigenvalue weighted by molar-refractivity contribution is 0.483. The van der Waals surface area contributed by atoms with Crippen LogP contribution in [0.15, 0.2) is 110 Å². The highest BCUT2D eigenvalue weighted by molar-refractivity contribution is 5.91. The van der Waals surface area contributed by atoms with Crippen LogP contribution in [0.3, 0.4) is 0 Å². The number of para-hydroxylation sites is 2. The molecule has 0 unspecified atom stereocenters. The summed E-state index contributed by atoms with van der Waals surface area (Å²) in [5, 5.41) is 8.65. The monoisotopic (exact) mass is 456 g/mol. The molecule has 0 amide bonds. The van der Waals surface area contributed by atoms with Gasteiger partial charge >= 0.3 is 0 Å². The van der Waals surface area contributed by atoms with Gasteiger partial charge < -0.3 is 15.4 Å². The van der Waals surface area contributed by atoms with E-state index in [1.807, 2.05) is 97.1 Å². The first-order valence-corrected chi connectivity index (χ1v) is 11.1. The Kier molecular flexibility index (Phi) is 5.33. The fourth-order valence-electron chi connectivity index (χ4n) is 3.83. The number of hydrogen-bond acceptors (Lipinski definition) is 7. The number of anilines is 4. The molecule has 0 aliphatic rings.